The first-order chi connectivity index (χ1) is 7.29. The van der Waals surface area contributed by atoms with Crippen molar-refractivity contribution in [3.05, 3.63) is 29.2 Å². The van der Waals surface area contributed by atoms with E-state index < -0.39 is 0 Å². The second-order valence-corrected chi connectivity index (χ2v) is 4.11. The first-order valence-corrected chi connectivity index (χ1v) is 5.61. The molecule has 2 aromatic heterocycles. The van der Waals surface area contributed by atoms with Gasteiger partial charge in [0.05, 0.1) is 10.4 Å². The molecule has 0 amide bonds. The summed E-state index contributed by atoms with van der Waals surface area (Å²) in [5.74, 6) is 0.751. The summed E-state index contributed by atoms with van der Waals surface area (Å²) in [5.41, 5.74) is 9.25. The Bertz CT molecular complexity index is 439. The molecule has 0 saturated heterocycles. The average Bonchev–Trinajstić information content (AvgIpc) is 2.70. The number of aryl methyl sites for hydroxylation is 1. The van der Waals surface area contributed by atoms with E-state index in [1.54, 1.807) is 23.0 Å². The van der Waals surface area contributed by atoms with E-state index in [-0.39, 0.29) is 0 Å². The highest BCUT2D eigenvalue weighted by Crippen LogP contribution is 2.19. The Morgan fingerprint density at radius 1 is 1.40 bits per heavy atom. The molecule has 0 bridgehead atoms. The molecule has 0 saturated carbocycles. The van der Waals surface area contributed by atoms with Gasteiger partial charge >= 0.3 is 0 Å². The molecule has 0 spiro atoms. The van der Waals surface area contributed by atoms with E-state index in [1.165, 1.54) is 0 Å². The Hall–Kier alpha value is -1.33. The third-order valence-electron chi connectivity index (χ3n) is 1.96. The van der Waals surface area contributed by atoms with Crippen molar-refractivity contribution in [3.63, 3.8) is 0 Å². The minimum atomic E-state index is 0.610. The van der Waals surface area contributed by atoms with E-state index in [1.807, 2.05) is 13.0 Å². The predicted octanol–water partition coefficient (Wildman–Crippen LogP) is 1.41. The highest BCUT2D eigenvalue weighted by Gasteiger charge is 2.05. The van der Waals surface area contributed by atoms with Gasteiger partial charge in [0.15, 0.2) is 5.82 Å². The molecule has 0 atom stereocenters. The Kier molecular flexibility index (Phi) is 3.03. The van der Waals surface area contributed by atoms with Gasteiger partial charge in [-0.25, -0.2) is 9.97 Å². The fourth-order valence-electron chi connectivity index (χ4n) is 1.35. The van der Waals surface area contributed by atoms with Crippen LogP contribution in [0.15, 0.2) is 17.8 Å². The molecule has 78 valence electrons. The van der Waals surface area contributed by atoms with Gasteiger partial charge in [-0.3, -0.25) is 4.98 Å². The molecule has 0 aliphatic carbocycles. The fraction of sp³-hybridized carbons (Fsp3) is 0.300. The lowest BCUT2D eigenvalue weighted by Gasteiger charge is -2.02. The summed E-state index contributed by atoms with van der Waals surface area (Å²) in [6.07, 6.45) is 2.57. The first-order valence-electron chi connectivity index (χ1n) is 4.73. The minimum absolute atomic E-state index is 0.610. The van der Waals surface area contributed by atoms with Gasteiger partial charge in [0.1, 0.15) is 0 Å². The van der Waals surface area contributed by atoms with Crippen molar-refractivity contribution < 1.29 is 0 Å². The van der Waals surface area contributed by atoms with Crippen LogP contribution in [0.5, 0.6) is 0 Å². The van der Waals surface area contributed by atoms with Crippen molar-refractivity contribution in [1.82, 2.24) is 15.0 Å². The van der Waals surface area contributed by atoms with Gasteiger partial charge in [0.2, 0.25) is 0 Å². The molecule has 0 aliphatic rings. The third kappa shape index (κ3) is 2.37. The topological polar surface area (TPSA) is 64.7 Å². The monoisotopic (exact) mass is 220 g/mol. The third-order valence-corrected chi connectivity index (χ3v) is 2.73. The molecule has 2 N–H and O–H groups in total. The zero-order valence-electron chi connectivity index (χ0n) is 8.47. The molecule has 0 unspecified atom stereocenters. The molecule has 4 nitrogen and oxygen atoms in total. The van der Waals surface area contributed by atoms with Gasteiger partial charge in [-0.15, -0.1) is 11.3 Å². The maximum absolute atomic E-state index is 5.51. The summed E-state index contributed by atoms with van der Waals surface area (Å²) in [4.78, 5) is 13.8. The van der Waals surface area contributed by atoms with E-state index in [2.05, 4.69) is 15.0 Å². The zero-order valence-corrected chi connectivity index (χ0v) is 9.29. The first kappa shape index (κ1) is 10.2. The van der Waals surface area contributed by atoms with Crippen molar-refractivity contribution >= 4 is 11.3 Å². The number of nitrogens with zero attached hydrogens (tertiary/aromatic N) is 3. The summed E-state index contributed by atoms with van der Waals surface area (Å²) < 4.78 is 0. The van der Waals surface area contributed by atoms with Crippen LogP contribution in [-0.2, 0) is 6.42 Å². The number of hydrogen-bond donors (Lipinski definition) is 1. The van der Waals surface area contributed by atoms with Gasteiger partial charge in [-0.05, 0) is 19.5 Å². The smallest absolute Gasteiger partial charge is 0.171 e. The van der Waals surface area contributed by atoms with Crippen LogP contribution in [0, 0.1) is 6.92 Å². The van der Waals surface area contributed by atoms with Crippen LogP contribution in [0.2, 0.25) is 0 Å². The molecule has 2 aromatic rings. The second kappa shape index (κ2) is 4.46. The van der Waals surface area contributed by atoms with Gasteiger partial charge in [-0.2, -0.15) is 0 Å². The van der Waals surface area contributed by atoms with E-state index >= 15 is 0 Å². The Labute approximate surface area is 92.2 Å². The molecule has 5 heteroatoms. The fourth-order valence-corrected chi connectivity index (χ4v) is 1.90. The average molecular weight is 220 g/mol. The summed E-state index contributed by atoms with van der Waals surface area (Å²) in [6, 6.07) is 1.97. The minimum Gasteiger partial charge on any atom is -0.330 e. The number of thiazole rings is 1. The zero-order chi connectivity index (χ0) is 10.7. The highest BCUT2D eigenvalue weighted by molar-refractivity contribution is 7.13. The van der Waals surface area contributed by atoms with Crippen LogP contribution < -0.4 is 5.73 Å². The lowest BCUT2D eigenvalue weighted by molar-refractivity contribution is 0.905. The van der Waals surface area contributed by atoms with Crippen LogP contribution in [0.4, 0.5) is 0 Å². The predicted molar refractivity (Wildman–Crippen MR) is 60.6 cm³/mol. The van der Waals surface area contributed by atoms with Crippen molar-refractivity contribution in [2.24, 2.45) is 5.73 Å². The number of aromatic nitrogens is 3. The summed E-state index contributed by atoms with van der Waals surface area (Å²) >= 11 is 1.54. The van der Waals surface area contributed by atoms with Crippen molar-refractivity contribution in [3.8, 4) is 10.7 Å². The maximum atomic E-state index is 5.51. The SMILES string of the molecule is Cc1cc(CCN)nc(-c2cncs2)n1. The molecule has 0 radical (unpaired) electrons. The van der Waals surface area contributed by atoms with Crippen LogP contribution in [0.1, 0.15) is 11.4 Å². The molecule has 0 fully saturated rings. The molecule has 15 heavy (non-hydrogen) atoms. The number of nitrogens with two attached hydrogens (primary N) is 1. The van der Waals surface area contributed by atoms with Gasteiger partial charge in [-0.1, -0.05) is 0 Å². The van der Waals surface area contributed by atoms with E-state index in [4.69, 9.17) is 5.73 Å². The van der Waals surface area contributed by atoms with Crippen LogP contribution in [0.3, 0.4) is 0 Å². The lowest BCUT2D eigenvalue weighted by atomic mass is 10.2. The van der Waals surface area contributed by atoms with E-state index in [0.29, 0.717) is 6.54 Å². The molecular formula is C10H12N4S. The number of rotatable bonds is 3. The quantitative estimate of drug-likeness (QED) is 0.849. The summed E-state index contributed by atoms with van der Waals surface area (Å²) in [5, 5.41) is 0. The highest BCUT2D eigenvalue weighted by atomic mass is 32.1. The van der Waals surface area contributed by atoms with Gasteiger partial charge in [0.25, 0.3) is 0 Å². The number of hydrogen-bond acceptors (Lipinski definition) is 5. The van der Waals surface area contributed by atoms with Gasteiger partial charge < -0.3 is 5.73 Å². The molecule has 2 rings (SSSR count). The molecule has 0 aromatic carbocycles. The van der Waals surface area contributed by atoms with Crippen LogP contribution >= 0.6 is 11.3 Å². The van der Waals surface area contributed by atoms with Gasteiger partial charge in [0, 0.05) is 24.0 Å². The van der Waals surface area contributed by atoms with Crippen molar-refractivity contribution in [2.45, 2.75) is 13.3 Å². The molecule has 2 heterocycles. The maximum Gasteiger partial charge on any atom is 0.171 e. The van der Waals surface area contributed by atoms with Crippen molar-refractivity contribution in [1.29, 1.82) is 0 Å². The molecule has 0 aliphatic heterocycles. The largest absolute Gasteiger partial charge is 0.330 e. The summed E-state index contributed by atoms with van der Waals surface area (Å²) in [7, 11) is 0. The van der Waals surface area contributed by atoms with Crippen LogP contribution in [0.25, 0.3) is 10.7 Å². The Morgan fingerprint density at radius 3 is 2.93 bits per heavy atom. The van der Waals surface area contributed by atoms with Crippen molar-refractivity contribution in [2.75, 3.05) is 6.54 Å². The van der Waals surface area contributed by atoms with Crippen LogP contribution in [-0.4, -0.2) is 21.5 Å². The standard InChI is InChI=1S/C10H12N4S/c1-7-4-8(2-3-11)14-10(13-7)9-5-12-6-15-9/h4-6H,2-3,11H2,1H3. The second-order valence-electron chi connectivity index (χ2n) is 3.23. The lowest BCUT2D eigenvalue weighted by Crippen LogP contribution is -2.06. The van der Waals surface area contributed by atoms with E-state index in [0.717, 1.165) is 28.5 Å². The Morgan fingerprint density at radius 2 is 2.27 bits per heavy atom. The molecular weight excluding hydrogens is 208 g/mol. The normalized spacial score (nSPS) is 10.5. The Balaban J connectivity index is 2.40. The van der Waals surface area contributed by atoms with E-state index in [9.17, 15) is 0 Å². The summed E-state index contributed by atoms with van der Waals surface area (Å²) in [6.45, 7) is 2.57.